The molecule has 1 N–H and O–H groups in total. The zero-order valence-electron chi connectivity index (χ0n) is 19.1. The van der Waals surface area contributed by atoms with Gasteiger partial charge in [-0.15, -0.1) is 0 Å². The lowest BCUT2D eigenvalue weighted by atomic mass is 10.1. The van der Waals surface area contributed by atoms with E-state index in [1.807, 2.05) is 78.9 Å². The Bertz CT molecular complexity index is 1050. The maximum atomic E-state index is 12.4. The van der Waals surface area contributed by atoms with Gasteiger partial charge in [0.05, 0.1) is 6.61 Å². The van der Waals surface area contributed by atoms with Crippen LogP contribution in [0, 0.1) is 0 Å². The predicted octanol–water partition coefficient (Wildman–Crippen LogP) is 5.07. The van der Waals surface area contributed by atoms with Crippen molar-refractivity contribution in [1.29, 1.82) is 0 Å². The van der Waals surface area contributed by atoms with Crippen molar-refractivity contribution in [2.75, 3.05) is 13.2 Å². The van der Waals surface area contributed by atoms with Gasteiger partial charge in [-0.2, -0.15) is 0 Å². The highest BCUT2D eigenvalue weighted by Gasteiger charge is 2.28. The van der Waals surface area contributed by atoms with Crippen molar-refractivity contribution in [3.63, 3.8) is 0 Å². The van der Waals surface area contributed by atoms with Gasteiger partial charge in [-0.3, -0.25) is 4.79 Å². The normalized spacial score (nSPS) is 17.7. The van der Waals surface area contributed by atoms with Crippen LogP contribution >= 0.6 is 0 Å². The summed E-state index contributed by atoms with van der Waals surface area (Å²) < 4.78 is 23.0. The standard InChI is InChI=1S/C28H30O6/c29-19-27-26(14-7-17-31-27)34-28(30)16-15-22-9-4-5-13-25(22)32-20-21-8-6-12-24(18-21)33-23-10-2-1-3-11-23/h1-6,8-13,18,26-27,29H,7,14-17,19-20H2/t26-,27+/m0/s1. The maximum Gasteiger partial charge on any atom is 0.306 e. The molecule has 0 bridgehead atoms. The number of hydrogen-bond acceptors (Lipinski definition) is 6. The molecule has 1 saturated heterocycles. The van der Waals surface area contributed by atoms with Crippen LogP contribution in [-0.2, 0) is 27.3 Å². The Morgan fingerprint density at radius 1 is 0.971 bits per heavy atom. The number of aliphatic hydroxyl groups is 1. The summed E-state index contributed by atoms with van der Waals surface area (Å²) in [4.78, 5) is 12.4. The van der Waals surface area contributed by atoms with Crippen molar-refractivity contribution in [3.05, 3.63) is 90.0 Å². The molecule has 1 heterocycles. The Labute approximate surface area is 200 Å². The van der Waals surface area contributed by atoms with Gasteiger partial charge in [0.2, 0.25) is 0 Å². The summed E-state index contributed by atoms with van der Waals surface area (Å²) in [5, 5.41) is 9.42. The van der Waals surface area contributed by atoms with Gasteiger partial charge in [0.25, 0.3) is 0 Å². The quantitative estimate of drug-likeness (QED) is 0.424. The first-order valence-corrected chi connectivity index (χ1v) is 11.7. The zero-order chi connectivity index (χ0) is 23.6. The van der Waals surface area contributed by atoms with E-state index in [0.29, 0.717) is 26.1 Å². The number of hydrogen-bond donors (Lipinski definition) is 1. The Morgan fingerprint density at radius 3 is 2.62 bits per heavy atom. The van der Waals surface area contributed by atoms with E-state index in [-0.39, 0.29) is 25.1 Å². The molecule has 2 atom stereocenters. The minimum Gasteiger partial charge on any atom is -0.489 e. The van der Waals surface area contributed by atoms with Gasteiger partial charge < -0.3 is 24.1 Å². The molecule has 178 valence electrons. The van der Waals surface area contributed by atoms with Crippen molar-refractivity contribution in [2.24, 2.45) is 0 Å². The second kappa shape index (κ2) is 12.2. The number of benzene rings is 3. The van der Waals surface area contributed by atoms with Crippen molar-refractivity contribution < 1.29 is 28.8 Å². The third kappa shape index (κ3) is 6.83. The molecule has 3 aromatic rings. The second-order valence-electron chi connectivity index (χ2n) is 8.22. The molecular formula is C28H30O6. The van der Waals surface area contributed by atoms with Crippen molar-refractivity contribution >= 4 is 5.97 Å². The van der Waals surface area contributed by atoms with Gasteiger partial charge in [-0.05, 0) is 60.7 Å². The molecule has 0 saturated carbocycles. The van der Waals surface area contributed by atoms with E-state index >= 15 is 0 Å². The molecule has 34 heavy (non-hydrogen) atoms. The van der Waals surface area contributed by atoms with Crippen molar-refractivity contribution in [1.82, 2.24) is 0 Å². The molecule has 0 unspecified atom stereocenters. The summed E-state index contributed by atoms with van der Waals surface area (Å²) in [7, 11) is 0. The first-order valence-electron chi connectivity index (χ1n) is 11.7. The minimum absolute atomic E-state index is 0.147. The van der Waals surface area contributed by atoms with E-state index in [9.17, 15) is 9.90 Å². The first-order chi connectivity index (χ1) is 16.7. The van der Waals surface area contributed by atoms with Crippen molar-refractivity contribution in [3.8, 4) is 17.2 Å². The number of carbonyl (C=O) groups excluding carboxylic acids is 1. The summed E-state index contributed by atoms with van der Waals surface area (Å²) in [5.41, 5.74) is 1.92. The Hall–Kier alpha value is -3.35. The number of aliphatic hydroxyl groups excluding tert-OH is 1. The Balaban J connectivity index is 1.31. The SMILES string of the molecule is O=C(CCc1ccccc1OCc1cccc(Oc2ccccc2)c1)O[C@H]1CCCO[C@@H]1CO. The van der Waals surface area contributed by atoms with Crippen LogP contribution in [0.1, 0.15) is 30.4 Å². The van der Waals surface area contributed by atoms with Crippen molar-refractivity contribution in [2.45, 2.75) is 44.5 Å². The fourth-order valence-corrected chi connectivity index (χ4v) is 3.92. The maximum absolute atomic E-state index is 12.4. The first kappa shape index (κ1) is 23.8. The average molecular weight is 463 g/mol. The van der Waals surface area contributed by atoms with Gasteiger partial charge in [0.1, 0.15) is 36.1 Å². The van der Waals surface area contributed by atoms with E-state index in [1.165, 1.54) is 0 Å². The monoisotopic (exact) mass is 462 g/mol. The molecule has 6 nitrogen and oxygen atoms in total. The molecular weight excluding hydrogens is 432 g/mol. The third-order valence-electron chi connectivity index (χ3n) is 5.69. The van der Waals surface area contributed by atoms with Gasteiger partial charge in [0.15, 0.2) is 0 Å². The highest BCUT2D eigenvalue weighted by molar-refractivity contribution is 5.70. The van der Waals surface area contributed by atoms with E-state index < -0.39 is 6.10 Å². The Kier molecular flexibility index (Phi) is 8.54. The summed E-state index contributed by atoms with van der Waals surface area (Å²) in [5.74, 6) is 1.97. The lowest BCUT2D eigenvalue weighted by molar-refractivity contribution is -0.166. The second-order valence-corrected chi connectivity index (χ2v) is 8.22. The number of carbonyl (C=O) groups is 1. The van der Waals surface area contributed by atoms with Crippen LogP contribution in [-0.4, -0.2) is 36.5 Å². The molecule has 0 spiro atoms. The number of aryl methyl sites for hydroxylation is 1. The molecule has 0 aromatic heterocycles. The van der Waals surface area contributed by atoms with Crippen LogP contribution in [0.15, 0.2) is 78.9 Å². The van der Waals surface area contributed by atoms with Crippen LogP contribution in [0.5, 0.6) is 17.2 Å². The van der Waals surface area contributed by atoms with Gasteiger partial charge in [-0.1, -0.05) is 48.5 Å². The molecule has 1 aliphatic heterocycles. The third-order valence-corrected chi connectivity index (χ3v) is 5.69. The number of para-hydroxylation sites is 2. The minimum atomic E-state index is -0.435. The summed E-state index contributed by atoms with van der Waals surface area (Å²) in [6, 6.07) is 25.1. The predicted molar refractivity (Wildman–Crippen MR) is 128 cm³/mol. The smallest absolute Gasteiger partial charge is 0.306 e. The molecule has 0 radical (unpaired) electrons. The fraction of sp³-hybridized carbons (Fsp3) is 0.321. The molecule has 6 heteroatoms. The van der Waals surface area contributed by atoms with E-state index in [2.05, 4.69) is 0 Å². The molecule has 0 amide bonds. The number of ether oxygens (including phenoxy) is 4. The van der Waals surface area contributed by atoms with Crippen LogP contribution in [0.3, 0.4) is 0 Å². The fourth-order valence-electron chi connectivity index (χ4n) is 3.92. The largest absolute Gasteiger partial charge is 0.489 e. The molecule has 4 rings (SSSR count). The Morgan fingerprint density at radius 2 is 1.76 bits per heavy atom. The summed E-state index contributed by atoms with van der Waals surface area (Å²) in [6.07, 6.45) is 1.45. The topological polar surface area (TPSA) is 74.2 Å². The van der Waals surface area contributed by atoms with Gasteiger partial charge in [0, 0.05) is 13.0 Å². The van der Waals surface area contributed by atoms with Crippen LogP contribution in [0.4, 0.5) is 0 Å². The van der Waals surface area contributed by atoms with E-state index in [1.54, 1.807) is 0 Å². The lowest BCUT2D eigenvalue weighted by Crippen LogP contribution is -2.40. The number of rotatable bonds is 10. The van der Waals surface area contributed by atoms with Gasteiger partial charge >= 0.3 is 5.97 Å². The molecule has 3 aromatic carbocycles. The van der Waals surface area contributed by atoms with Gasteiger partial charge in [-0.25, -0.2) is 0 Å². The van der Waals surface area contributed by atoms with E-state index in [0.717, 1.165) is 34.8 Å². The highest BCUT2D eigenvalue weighted by atomic mass is 16.6. The molecule has 1 aliphatic rings. The average Bonchev–Trinajstić information content (AvgIpc) is 2.88. The zero-order valence-corrected chi connectivity index (χ0v) is 19.1. The molecule has 0 aliphatic carbocycles. The molecule has 1 fully saturated rings. The van der Waals surface area contributed by atoms with Crippen LogP contribution in [0.2, 0.25) is 0 Å². The van der Waals surface area contributed by atoms with Crippen LogP contribution in [0.25, 0.3) is 0 Å². The summed E-state index contributed by atoms with van der Waals surface area (Å²) >= 11 is 0. The highest BCUT2D eigenvalue weighted by Crippen LogP contribution is 2.25. The van der Waals surface area contributed by atoms with Crippen LogP contribution < -0.4 is 9.47 Å². The lowest BCUT2D eigenvalue weighted by Gasteiger charge is -2.30. The summed E-state index contributed by atoms with van der Waals surface area (Å²) in [6.45, 7) is 0.822. The van der Waals surface area contributed by atoms with E-state index in [4.69, 9.17) is 18.9 Å². The number of esters is 1.